The average molecular weight is 262 g/mol. The standard InChI is InChI=1S/C15H22N2O2/c1-11(18)14-5-4-12(9-15(14)19)17-8-7-16-6-2-3-13(16)10-17/h4-5,9,11,13,18-19H,2-3,6-8,10H2,1H3. The Bertz CT molecular complexity index is 461. The van der Waals surface area contributed by atoms with Crippen LogP contribution >= 0.6 is 0 Å². The smallest absolute Gasteiger partial charge is 0.123 e. The van der Waals surface area contributed by atoms with Gasteiger partial charge in [0.1, 0.15) is 5.75 Å². The number of nitrogens with zero attached hydrogens (tertiary/aromatic N) is 2. The highest BCUT2D eigenvalue weighted by atomic mass is 16.3. The number of benzene rings is 1. The molecule has 0 spiro atoms. The molecule has 1 aromatic carbocycles. The second kappa shape index (κ2) is 5.02. The molecule has 0 aromatic heterocycles. The molecule has 2 aliphatic rings. The van der Waals surface area contributed by atoms with Crippen LogP contribution in [0.2, 0.25) is 0 Å². The van der Waals surface area contributed by atoms with E-state index in [9.17, 15) is 10.2 Å². The maximum Gasteiger partial charge on any atom is 0.123 e. The number of phenols is 1. The summed E-state index contributed by atoms with van der Waals surface area (Å²) < 4.78 is 0. The van der Waals surface area contributed by atoms with Crippen LogP contribution in [-0.2, 0) is 0 Å². The summed E-state index contributed by atoms with van der Waals surface area (Å²) in [5.74, 6) is 0.196. The van der Waals surface area contributed by atoms with Gasteiger partial charge in [-0.15, -0.1) is 0 Å². The van der Waals surface area contributed by atoms with Crippen molar-refractivity contribution in [2.24, 2.45) is 0 Å². The number of piperazine rings is 1. The van der Waals surface area contributed by atoms with Crippen LogP contribution in [0, 0.1) is 0 Å². The first-order valence-electron chi connectivity index (χ1n) is 7.15. The molecule has 2 atom stereocenters. The Balaban J connectivity index is 1.77. The average Bonchev–Trinajstić information content (AvgIpc) is 2.85. The van der Waals surface area contributed by atoms with E-state index < -0.39 is 6.10 Å². The van der Waals surface area contributed by atoms with Crippen molar-refractivity contribution in [3.05, 3.63) is 23.8 Å². The molecule has 0 aliphatic carbocycles. The van der Waals surface area contributed by atoms with Gasteiger partial charge in [-0.1, -0.05) is 6.07 Å². The zero-order chi connectivity index (χ0) is 13.4. The molecule has 2 heterocycles. The van der Waals surface area contributed by atoms with E-state index in [2.05, 4.69) is 9.80 Å². The summed E-state index contributed by atoms with van der Waals surface area (Å²) in [4.78, 5) is 4.92. The fourth-order valence-electron chi connectivity index (χ4n) is 3.31. The number of fused-ring (bicyclic) bond motifs is 1. The first-order valence-corrected chi connectivity index (χ1v) is 7.15. The number of phenolic OH excluding ortho intramolecular Hbond substituents is 1. The Morgan fingerprint density at radius 1 is 1.26 bits per heavy atom. The summed E-state index contributed by atoms with van der Waals surface area (Å²) in [5, 5.41) is 19.5. The van der Waals surface area contributed by atoms with Crippen LogP contribution in [-0.4, -0.2) is 47.3 Å². The lowest BCUT2D eigenvalue weighted by atomic mass is 10.1. The molecule has 19 heavy (non-hydrogen) atoms. The largest absolute Gasteiger partial charge is 0.507 e. The van der Waals surface area contributed by atoms with Crippen molar-refractivity contribution in [1.82, 2.24) is 4.90 Å². The second-order valence-electron chi connectivity index (χ2n) is 5.70. The lowest BCUT2D eigenvalue weighted by Crippen LogP contribution is -2.50. The van der Waals surface area contributed by atoms with Crippen LogP contribution in [0.3, 0.4) is 0 Å². The number of rotatable bonds is 2. The van der Waals surface area contributed by atoms with Crippen molar-refractivity contribution in [2.75, 3.05) is 31.1 Å². The summed E-state index contributed by atoms with van der Waals surface area (Å²) in [7, 11) is 0. The summed E-state index contributed by atoms with van der Waals surface area (Å²) in [5.41, 5.74) is 1.66. The van der Waals surface area contributed by atoms with Gasteiger partial charge in [-0.3, -0.25) is 4.90 Å². The van der Waals surface area contributed by atoms with Gasteiger partial charge in [0.2, 0.25) is 0 Å². The van der Waals surface area contributed by atoms with E-state index in [1.807, 2.05) is 12.1 Å². The van der Waals surface area contributed by atoms with Crippen molar-refractivity contribution in [2.45, 2.75) is 31.9 Å². The van der Waals surface area contributed by atoms with Gasteiger partial charge in [0.15, 0.2) is 0 Å². The molecule has 4 heteroatoms. The fourth-order valence-corrected chi connectivity index (χ4v) is 3.31. The molecule has 2 N–H and O–H groups in total. The molecule has 0 radical (unpaired) electrons. The summed E-state index contributed by atoms with van der Waals surface area (Å²) in [6, 6.07) is 6.29. The quantitative estimate of drug-likeness (QED) is 0.852. The molecular formula is C15H22N2O2. The van der Waals surface area contributed by atoms with Crippen molar-refractivity contribution >= 4 is 5.69 Å². The molecule has 1 aromatic rings. The van der Waals surface area contributed by atoms with E-state index in [1.165, 1.54) is 19.4 Å². The van der Waals surface area contributed by atoms with E-state index >= 15 is 0 Å². The van der Waals surface area contributed by atoms with Crippen LogP contribution in [0.25, 0.3) is 0 Å². The van der Waals surface area contributed by atoms with E-state index in [0.717, 1.165) is 25.3 Å². The predicted molar refractivity (Wildman–Crippen MR) is 75.5 cm³/mol. The Morgan fingerprint density at radius 3 is 2.84 bits per heavy atom. The van der Waals surface area contributed by atoms with Crippen LogP contribution in [0.1, 0.15) is 31.4 Å². The molecule has 2 unspecified atom stereocenters. The molecule has 4 nitrogen and oxygen atoms in total. The van der Waals surface area contributed by atoms with Crippen LogP contribution in [0.5, 0.6) is 5.75 Å². The van der Waals surface area contributed by atoms with Crippen LogP contribution in [0.4, 0.5) is 5.69 Å². The van der Waals surface area contributed by atoms with Crippen LogP contribution in [0.15, 0.2) is 18.2 Å². The monoisotopic (exact) mass is 262 g/mol. The fraction of sp³-hybridized carbons (Fsp3) is 0.600. The molecular weight excluding hydrogens is 240 g/mol. The second-order valence-corrected chi connectivity index (χ2v) is 5.70. The van der Waals surface area contributed by atoms with E-state index in [1.54, 1.807) is 13.0 Å². The number of aromatic hydroxyl groups is 1. The maximum absolute atomic E-state index is 9.98. The van der Waals surface area contributed by atoms with Gasteiger partial charge in [-0.05, 0) is 32.4 Å². The first-order chi connectivity index (χ1) is 9.15. The minimum atomic E-state index is -0.624. The molecule has 3 rings (SSSR count). The Labute approximate surface area is 114 Å². The van der Waals surface area contributed by atoms with Crippen molar-refractivity contribution in [3.63, 3.8) is 0 Å². The molecule has 0 bridgehead atoms. The third-order valence-corrected chi connectivity index (χ3v) is 4.42. The number of hydrogen-bond acceptors (Lipinski definition) is 4. The minimum absolute atomic E-state index is 0.196. The molecule has 2 aliphatic heterocycles. The number of anilines is 1. The lowest BCUT2D eigenvalue weighted by Gasteiger charge is -2.39. The topological polar surface area (TPSA) is 46.9 Å². The minimum Gasteiger partial charge on any atom is -0.507 e. The molecule has 2 saturated heterocycles. The lowest BCUT2D eigenvalue weighted by molar-refractivity contribution is 0.195. The maximum atomic E-state index is 9.98. The van der Waals surface area contributed by atoms with Gasteiger partial charge in [0.05, 0.1) is 6.10 Å². The normalized spacial score (nSPS) is 25.4. The highest BCUT2D eigenvalue weighted by Crippen LogP contribution is 2.31. The van der Waals surface area contributed by atoms with Gasteiger partial charge in [0, 0.05) is 43.0 Å². The zero-order valence-corrected chi connectivity index (χ0v) is 11.4. The SMILES string of the molecule is CC(O)c1ccc(N2CCN3CCCC3C2)cc1O. The Hall–Kier alpha value is -1.26. The number of hydrogen-bond donors (Lipinski definition) is 2. The van der Waals surface area contributed by atoms with Crippen molar-refractivity contribution in [3.8, 4) is 5.75 Å². The third-order valence-electron chi connectivity index (χ3n) is 4.42. The van der Waals surface area contributed by atoms with Gasteiger partial charge >= 0.3 is 0 Å². The van der Waals surface area contributed by atoms with Crippen LogP contribution < -0.4 is 4.90 Å². The zero-order valence-electron chi connectivity index (χ0n) is 11.4. The summed E-state index contributed by atoms with van der Waals surface area (Å²) in [6.07, 6.45) is 1.97. The molecule has 2 fully saturated rings. The third kappa shape index (κ3) is 2.42. The molecule has 0 amide bonds. The van der Waals surface area contributed by atoms with Gasteiger partial charge in [-0.25, -0.2) is 0 Å². The highest BCUT2D eigenvalue weighted by Gasteiger charge is 2.30. The summed E-state index contributed by atoms with van der Waals surface area (Å²) in [6.45, 7) is 6.10. The number of aliphatic hydroxyl groups excluding tert-OH is 1. The Morgan fingerprint density at radius 2 is 2.11 bits per heavy atom. The number of aliphatic hydroxyl groups is 1. The predicted octanol–water partition coefficient (Wildman–Crippen LogP) is 1.73. The Kier molecular flexibility index (Phi) is 3.37. The van der Waals surface area contributed by atoms with Gasteiger partial charge in [0.25, 0.3) is 0 Å². The summed E-state index contributed by atoms with van der Waals surface area (Å²) >= 11 is 0. The highest BCUT2D eigenvalue weighted by molar-refractivity contribution is 5.54. The van der Waals surface area contributed by atoms with Gasteiger partial charge in [-0.2, -0.15) is 0 Å². The molecule has 104 valence electrons. The van der Waals surface area contributed by atoms with E-state index in [-0.39, 0.29) is 5.75 Å². The molecule has 0 saturated carbocycles. The van der Waals surface area contributed by atoms with E-state index in [0.29, 0.717) is 11.6 Å². The van der Waals surface area contributed by atoms with Gasteiger partial charge < -0.3 is 15.1 Å². The van der Waals surface area contributed by atoms with E-state index in [4.69, 9.17) is 0 Å². The van der Waals surface area contributed by atoms with Crippen molar-refractivity contribution in [1.29, 1.82) is 0 Å². The van der Waals surface area contributed by atoms with Crippen molar-refractivity contribution < 1.29 is 10.2 Å². The first kappa shape index (κ1) is 12.8.